The van der Waals surface area contributed by atoms with Gasteiger partial charge in [-0.1, -0.05) is 12.1 Å². The van der Waals surface area contributed by atoms with E-state index >= 15 is 0 Å². The van der Waals surface area contributed by atoms with Crippen molar-refractivity contribution in [3.63, 3.8) is 0 Å². The van der Waals surface area contributed by atoms with Gasteiger partial charge in [0.1, 0.15) is 5.75 Å². The van der Waals surface area contributed by atoms with Crippen LogP contribution in [-0.4, -0.2) is 10.5 Å². The van der Waals surface area contributed by atoms with Gasteiger partial charge in [0, 0.05) is 0 Å². The molecule has 1 nitrogen and oxygen atoms in total. The maximum absolute atomic E-state index is 4.80. The second-order valence-corrected chi connectivity index (χ2v) is 2.12. The number of rotatable bonds is 1. The van der Waals surface area contributed by atoms with Crippen LogP contribution in [0.25, 0.3) is 0 Å². The second-order valence-electron chi connectivity index (χ2n) is 1.92. The van der Waals surface area contributed by atoms with E-state index in [9.17, 15) is 0 Å². The van der Waals surface area contributed by atoms with Crippen molar-refractivity contribution in [2.24, 2.45) is 0 Å². The van der Waals surface area contributed by atoms with Gasteiger partial charge in [-0.05, 0) is 24.6 Å². The molecule has 2 heteroatoms. The third-order valence-corrected chi connectivity index (χ3v) is 1.34. The molecule has 0 unspecified atom stereocenters. The number of hydrogen-bond acceptors (Lipinski definition) is 1. The van der Waals surface area contributed by atoms with E-state index in [0.717, 1.165) is 5.75 Å². The molecule has 0 aromatic heterocycles. The Bertz CT molecular complexity index is 198. The Morgan fingerprint density at radius 2 is 2.22 bits per heavy atom. The molecule has 0 aliphatic heterocycles. The molecule has 0 N–H and O–H groups in total. The topological polar surface area (TPSA) is 9.23 Å². The van der Waals surface area contributed by atoms with Crippen LogP contribution in [-0.2, 0) is 0 Å². The lowest BCUT2D eigenvalue weighted by Gasteiger charge is -1.97. The van der Waals surface area contributed by atoms with E-state index in [1.54, 1.807) is 0 Å². The van der Waals surface area contributed by atoms with E-state index in [1.807, 2.05) is 31.2 Å². The summed E-state index contributed by atoms with van der Waals surface area (Å²) in [5.74, 6) is 0.840. The third kappa shape index (κ3) is 1.57. The molecular formula is C7H7OSi. The van der Waals surface area contributed by atoms with Crippen LogP contribution >= 0.6 is 0 Å². The fourth-order valence-electron chi connectivity index (χ4n) is 0.679. The van der Waals surface area contributed by atoms with Gasteiger partial charge >= 0.3 is 10.5 Å². The predicted molar refractivity (Wildman–Crippen MR) is 37.6 cm³/mol. The molecule has 0 bridgehead atoms. The normalized spacial score (nSPS) is 9.11. The maximum Gasteiger partial charge on any atom is 0.341 e. The Kier molecular flexibility index (Phi) is 1.90. The summed E-state index contributed by atoms with van der Waals surface area (Å²) in [6.07, 6.45) is 0. The van der Waals surface area contributed by atoms with E-state index in [0.29, 0.717) is 0 Å². The van der Waals surface area contributed by atoms with Gasteiger partial charge in [-0.15, -0.1) is 0 Å². The van der Waals surface area contributed by atoms with Gasteiger partial charge in [0.25, 0.3) is 0 Å². The molecule has 0 heterocycles. The van der Waals surface area contributed by atoms with Gasteiger partial charge < -0.3 is 4.43 Å². The van der Waals surface area contributed by atoms with Gasteiger partial charge in [-0.25, -0.2) is 0 Å². The Hall–Kier alpha value is -0.763. The predicted octanol–water partition coefficient (Wildman–Crippen LogP) is 1.46. The summed E-state index contributed by atoms with van der Waals surface area (Å²) in [5.41, 5.74) is 1.20. The highest BCUT2D eigenvalue weighted by Crippen LogP contribution is 2.10. The van der Waals surface area contributed by atoms with Crippen molar-refractivity contribution in [3.8, 4) is 5.75 Å². The molecule has 0 fully saturated rings. The first-order valence-electron chi connectivity index (χ1n) is 2.73. The molecular weight excluding hydrogens is 128 g/mol. The lowest BCUT2D eigenvalue weighted by Crippen LogP contribution is -1.83. The highest BCUT2D eigenvalue weighted by molar-refractivity contribution is 5.99. The zero-order chi connectivity index (χ0) is 6.69. The van der Waals surface area contributed by atoms with Crippen molar-refractivity contribution >= 4 is 10.5 Å². The van der Waals surface area contributed by atoms with Crippen molar-refractivity contribution in [1.29, 1.82) is 0 Å². The highest BCUT2D eigenvalue weighted by Gasteiger charge is 1.86. The summed E-state index contributed by atoms with van der Waals surface area (Å²) in [6.45, 7) is 2.02. The summed E-state index contributed by atoms with van der Waals surface area (Å²) in [4.78, 5) is 0. The van der Waals surface area contributed by atoms with Gasteiger partial charge in [0.15, 0.2) is 0 Å². The van der Waals surface area contributed by atoms with E-state index in [-0.39, 0.29) is 0 Å². The van der Waals surface area contributed by atoms with Crippen LogP contribution in [0.3, 0.4) is 0 Å². The Morgan fingerprint density at radius 3 is 2.67 bits per heavy atom. The van der Waals surface area contributed by atoms with Crippen LogP contribution in [0.5, 0.6) is 5.75 Å². The van der Waals surface area contributed by atoms with E-state index in [2.05, 4.69) is 10.5 Å². The lowest BCUT2D eigenvalue weighted by atomic mass is 10.2. The minimum absolute atomic E-state index is 0.840. The summed E-state index contributed by atoms with van der Waals surface area (Å²) < 4.78 is 4.80. The molecule has 0 saturated heterocycles. The lowest BCUT2D eigenvalue weighted by molar-refractivity contribution is 0.615. The largest absolute Gasteiger partial charge is 0.540 e. The van der Waals surface area contributed by atoms with E-state index in [1.165, 1.54) is 5.56 Å². The van der Waals surface area contributed by atoms with Crippen LogP contribution in [0.2, 0.25) is 0 Å². The van der Waals surface area contributed by atoms with Crippen molar-refractivity contribution in [2.45, 2.75) is 6.92 Å². The third-order valence-electron chi connectivity index (χ3n) is 1.11. The zero-order valence-electron chi connectivity index (χ0n) is 5.22. The van der Waals surface area contributed by atoms with Crippen molar-refractivity contribution in [1.82, 2.24) is 0 Å². The second kappa shape index (κ2) is 2.69. The number of aryl methyl sites for hydroxylation is 1. The van der Waals surface area contributed by atoms with E-state index < -0.39 is 0 Å². The summed E-state index contributed by atoms with van der Waals surface area (Å²) in [7, 11) is 2.94. The average molecular weight is 135 g/mol. The first-order valence-corrected chi connectivity index (χ1v) is 3.14. The van der Waals surface area contributed by atoms with Crippen molar-refractivity contribution in [2.75, 3.05) is 0 Å². The molecule has 0 aliphatic carbocycles. The first-order chi connectivity index (χ1) is 4.33. The fraction of sp³-hybridized carbons (Fsp3) is 0.143. The average Bonchev–Trinajstić information content (AvgIpc) is 1.88. The van der Waals surface area contributed by atoms with Crippen LogP contribution in [0, 0.1) is 6.92 Å². The number of hydrogen-bond donors (Lipinski definition) is 0. The monoisotopic (exact) mass is 135 g/mol. The smallest absolute Gasteiger partial charge is 0.341 e. The molecule has 1 aromatic carbocycles. The number of benzene rings is 1. The molecule has 1 aromatic rings. The quantitative estimate of drug-likeness (QED) is 0.530. The van der Waals surface area contributed by atoms with Crippen LogP contribution in [0.4, 0.5) is 0 Å². The highest BCUT2D eigenvalue weighted by atomic mass is 28.2. The van der Waals surface area contributed by atoms with Gasteiger partial charge in [-0.2, -0.15) is 0 Å². The molecule has 0 spiro atoms. The van der Waals surface area contributed by atoms with Crippen LogP contribution < -0.4 is 4.43 Å². The molecule has 0 saturated carbocycles. The van der Waals surface area contributed by atoms with Crippen molar-refractivity contribution < 1.29 is 4.43 Å². The fourth-order valence-corrected chi connectivity index (χ4v) is 0.806. The summed E-state index contributed by atoms with van der Waals surface area (Å²) in [5, 5.41) is 0. The standard InChI is InChI=1S/C7H7OSi/c1-6-3-2-4-7(5-6)8-9/h2-5H,1H3. The Morgan fingerprint density at radius 1 is 1.44 bits per heavy atom. The Labute approximate surface area is 58.2 Å². The van der Waals surface area contributed by atoms with Crippen LogP contribution in [0.1, 0.15) is 5.56 Å². The molecule has 9 heavy (non-hydrogen) atoms. The SMILES string of the molecule is Cc1cccc(O[Si])c1. The van der Waals surface area contributed by atoms with Gasteiger partial charge in [0.2, 0.25) is 0 Å². The molecule has 0 amide bonds. The van der Waals surface area contributed by atoms with Gasteiger partial charge in [0.05, 0.1) is 0 Å². The molecule has 3 radical (unpaired) electrons. The minimum atomic E-state index is 0.840. The summed E-state index contributed by atoms with van der Waals surface area (Å²) in [6, 6.07) is 7.81. The molecule has 1 rings (SSSR count). The summed E-state index contributed by atoms with van der Waals surface area (Å²) >= 11 is 0. The zero-order valence-corrected chi connectivity index (χ0v) is 6.22. The molecule has 0 aliphatic rings. The molecule has 0 atom stereocenters. The van der Waals surface area contributed by atoms with E-state index in [4.69, 9.17) is 4.43 Å². The maximum atomic E-state index is 4.80. The van der Waals surface area contributed by atoms with Crippen molar-refractivity contribution in [3.05, 3.63) is 29.8 Å². The Balaban J connectivity index is 2.94. The minimum Gasteiger partial charge on any atom is -0.540 e. The first kappa shape index (κ1) is 6.36. The van der Waals surface area contributed by atoms with Crippen LogP contribution in [0.15, 0.2) is 24.3 Å². The van der Waals surface area contributed by atoms with Gasteiger partial charge in [-0.3, -0.25) is 0 Å². The molecule has 45 valence electrons.